The summed E-state index contributed by atoms with van der Waals surface area (Å²) in [6.45, 7) is 3.76. The van der Waals surface area contributed by atoms with E-state index in [-0.39, 0.29) is 28.9 Å². The average molecular weight is 333 g/mol. The lowest BCUT2D eigenvalue weighted by Crippen LogP contribution is -2.14. The molecule has 0 amide bonds. The van der Waals surface area contributed by atoms with Gasteiger partial charge in [0, 0.05) is 17.9 Å². The first kappa shape index (κ1) is 16.2. The molecule has 0 aliphatic heterocycles. The van der Waals surface area contributed by atoms with Gasteiger partial charge in [0.15, 0.2) is 0 Å². The second-order valence-electron chi connectivity index (χ2n) is 4.60. The molecule has 6 nitrogen and oxygen atoms in total. The maximum absolute atomic E-state index is 12.6. The summed E-state index contributed by atoms with van der Waals surface area (Å²) in [5.74, 6) is 0.255. The Labute approximate surface area is 129 Å². The van der Waals surface area contributed by atoms with Crippen LogP contribution in [0.25, 0.3) is 0 Å². The normalized spacial score (nSPS) is 11.6. The Morgan fingerprint density at radius 2 is 1.82 bits per heavy atom. The Hall–Kier alpha value is -2.16. The maximum atomic E-state index is 12.6. The van der Waals surface area contributed by atoms with Crippen LogP contribution in [0.5, 0.6) is 0 Å². The molecule has 0 fully saturated rings. The van der Waals surface area contributed by atoms with Gasteiger partial charge in [0.1, 0.15) is 5.69 Å². The third-order valence-electron chi connectivity index (χ3n) is 2.33. The van der Waals surface area contributed by atoms with Crippen molar-refractivity contribution in [1.29, 1.82) is 0 Å². The number of alkyl halides is 3. The number of aromatic nitrogens is 4. The van der Waals surface area contributed by atoms with Crippen LogP contribution in [0.4, 0.5) is 30.8 Å². The highest BCUT2D eigenvalue weighted by atomic mass is 35.5. The van der Waals surface area contributed by atoms with Gasteiger partial charge in [0.25, 0.3) is 0 Å². The molecule has 10 heteroatoms. The number of rotatable bonds is 4. The lowest BCUT2D eigenvalue weighted by Gasteiger charge is -2.11. The van der Waals surface area contributed by atoms with E-state index in [1.54, 1.807) is 0 Å². The third-order valence-corrected chi connectivity index (χ3v) is 2.50. The summed E-state index contributed by atoms with van der Waals surface area (Å²) >= 11 is 5.77. The van der Waals surface area contributed by atoms with E-state index in [0.717, 1.165) is 12.3 Å². The molecule has 0 aliphatic carbocycles. The minimum atomic E-state index is -4.53. The number of pyridine rings is 1. The molecule has 2 aromatic heterocycles. The van der Waals surface area contributed by atoms with E-state index in [1.807, 2.05) is 13.8 Å². The Morgan fingerprint density at radius 3 is 2.45 bits per heavy atom. The fraction of sp³-hybridized carbons (Fsp3) is 0.333. The first-order valence-electron chi connectivity index (χ1n) is 6.22. The van der Waals surface area contributed by atoms with Gasteiger partial charge in [-0.05, 0) is 37.6 Å². The summed E-state index contributed by atoms with van der Waals surface area (Å²) in [6.07, 6.45) is -3.49. The predicted octanol–water partition coefficient (Wildman–Crippen LogP) is 3.50. The summed E-state index contributed by atoms with van der Waals surface area (Å²) in [7, 11) is 0. The second-order valence-corrected chi connectivity index (χ2v) is 4.94. The van der Waals surface area contributed by atoms with Crippen LogP contribution in [0.1, 0.15) is 19.5 Å². The second kappa shape index (κ2) is 6.30. The molecule has 0 spiro atoms. The van der Waals surface area contributed by atoms with Crippen LogP contribution in [-0.4, -0.2) is 26.0 Å². The lowest BCUT2D eigenvalue weighted by molar-refractivity contribution is -0.141. The summed E-state index contributed by atoms with van der Waals surface area (Å²) in [5.41, 5.74) is -0.877. The molecule has 0 saturated carbocycles. The van der Waals surface area contributed by atoms with E-state index in [4.69, 9.17) is 11.6 Å². The molecular formula is C12H12ClF3N6. The van der Waals surface area contributed by atoms with Crippen LogP contribution in [0.15, 0.2) is 18.3 Å². The average Bonchev–Trinajstić information content (AvgIpc) is 2.36. The number of hydrogen-bond donors (Lipinski definition) is 2. The maximum Gasteiger partial charge on any atom is 0.433 e. The van der Waals surface area contributed by atoms with Crippen molar-refractivity contribution in [3.8, 4) is 0 Å². The van der Waals surface area contributed by atoms with E-state index in [9.17, 15) is 13.2 Å². The van der Waals surface area contributed by atoms with Gasteiger partial charge < -0.3 is 10.6 Å². The van der Waals surface area contributed by atoms with Gasteiger partial charge in [-0.3, -0.25) is 4.98 Å². The van der Waals surface area contributed by atoms with Crippen molar-refractivity contribution in [3.05, 3.63) is 29.3 Å². The van der Waals surface area contributed by atoms with Crippen LogP contribution in [0.2, 0.25) is 5.28 Å². The van der Waals surface area contributed by atoms with Crippen molar-refractivity contribution >= 4 is 29.2 Å². The van der Waals surface area contributed by atoms with Gasteiger partial charge in [0.2, 0.25) is 17.2 Å². The number of hydrogen-bond acceptors (Lipinski definition) is 6. The molecule has 118 valence electrons. The number of anilines is 3. The Kier molecular flexibility index (Phi) is 4.65. The molecule has 2 aromatic rings. The lowest BCUT2D eigenvalue weighted by atomic mass is 10.3. The number of halogens is 4. The fourth-order valence-electron chi connectivity index (χ4n) is 1.52. The molecule has 2 heterocycles. The highest BCUT2D eigenvalue weighted by Gasteiger charge is 2.32. The number of nitrogens with zero attached hydrogens (tertiary/aromatic N) is 4. The molecule has 22 heavy (non-hydrogen) atoms. The Balaban J connectivity index is 2.25. The minimum Gasteiger partial charge on any atom is -0.352 e. The third kappa shape index (κ3) is 4.42. The van der Waals surface area contributed by atoms with Crippen molar-refractivity contribution in [3.63, 3.8) is 0 Å². The zero-order valence-corrected chi connectivity index (χ0v) is 12.4. The molecule has 0 aliphatic rings. The first-order valence-corrected chi connectivity index (χ1v) is 6.60. The van der Waals surface area contributed by atoms with Gasteiger partial charge in [-0.2, -0.15) is 28.1 Å². The smallest absolute Gasteiger partial charge is 0.352 e. The van der Waals surface area contributed by atoms with Crippen LogP contribution in [-0.2, 0) is 6.18 Å². The van der Waals surface area contributed by atoms with Gasteiger partial charge in [0.05, 0.1) is 0 Å². The molecule has 0 unspecified atom stereocenters. The van der Waals surface area contributed by atoms with Crippen LogP contribution >= 0.6 is 11.6 Å². The van der Waals surface area contributed by atoms with Gasteiger partial charge in [-0.15, -0.1) is 0 Å². The SMILES string of the molecule is CC(C)Nc1nc(Cl)nc(Nc2ccnc(C(F)(F)F)c2)n1. The van der Waals surface area contributed by atoms with Crippen molar-refractivity contribution in [2.24, 2.45) is 0 Å². The van der Waals surface area contributed by atoms with Crippen molar-refractivity contribution < 1.29 is 13.2 Å². The van der Waals surface area contributed by atoms with Gasteiger partial charge >= 0.3 is 6.18 Å². The van der Waals surface area contributed by atoms with Crippen LogP contribution in [0.3, 0.4) is 0 Å². The van der Waals surface area contributed by atoms with E-state index in [0.29, 0.717) is 0 Å². The highest BCUT2D eigenvalue weighted by molar-refractivity contribution is 6.28. The summed E-state index contributed by atoms with van der Waals surface area (Å²) in [5, 5.41) is 5.49. The van der Waals surface area contributed by atoms with Gasteiger partial charge in [-0.1, -0.05) is 0 Å². The zero-order valence-electron chi connectivity index (χ0n) is 11.6. The summed E-state index contributed by atoms with van der Waals surface area (Å²) in [4.78, 5) is 15.0. The first-order chi connectivity index (χ1) is 10.2. The Bertz CT molecular complexity index is 662. The van der Waals surface area contributed by atoms with E-state index in [1.165, 1.54) is 6.07 Å². The quantitative estimate of drug-likeness (QED) is 0.892. The highest BCUT2D eigenvalue weighted by Crippen LogP contribution is 2.29. The topological polar surface area (TPSA) is 75.6 Å². The molecule has 2 rings (SSSR count). The van der Waals surface area contributed by atoms with E-state index >= 15 is 0 Å². The largest absolute Gasteiger partial charge is 0.433 e. The summed E-state index contributed by atoms with van der Waals surface area (Å²) < 4.78 is 37.8. The molecule has 0 aromatic carbocycles. The van der Waals surface area contributed by atoms with E-state index in [2.05, 4.69) is 30.6 Å². The number of nitrogens with one attached hydrogen (secondary N) is 2. The molecular weight excluding hydrogens is 321 g/mol. The molecule has 0 atom stereocenters. The standard InChI is InChI=1S/C12H12ClF3N6/c1-6(2)18-10-20-9(13)21-11(22-10)19-7-3-4-17-8(5-7)12(14,15)16/h3-6H,1-2H3,(H2,17,18,19,20,21,22). The van der Waals surface area contributed by atoms with Gasteiger partial charge in [-0.25, -0.2) is 0 Å². The monoisotopic (exact) mass is 332 g/mol. The van der Waals surface area contributed by atoms with Crippen molar-refractivity contribution in [1.82, 2.24) is 19.9 Å². The summed E-state index contributed by atoms with van der Waals surface area (Å²) in [6, 6.07) is 2.28. The molecule has 0 bridgehead atoms. The van der Waals surface area contributed by atoms with Crippen LogP contribution < -0.4 is 10.6 Å². The van der Waals surface area contributed by atoms with Crippen molar-refractivity contribution in [2.45, 2.75) is 26.1 Å². The van der Waals surface area contributed by atoms with Crippen molar-refractivity contribution in [2.75, 3.05) is 10.6 Å². The molecule has 2 N–H and O–H groups in total. The molecule has 0 saturated heterocycles. The zero-order chi connectivity index (χ0) is 16.3. The van der Waals surface area contributed by atoms with Crippen LogP contribution in [0, 0.1) is 0 Å². The Morgan fingerprint density at radius 1 is 1.14 bits per heavy atom. The molecule has 0 radical (unpaired) electrons. The fourth-order valence-corrected chi connectivity index (χ4v) is 1.68. The predicted molar refractivity (Wildman–Crippen MR) is 76.1 cm³/mol. The van der Waals surface area contributed by atoms with E-state index < -0.39 is 11.9 Å². The minimum absolute atomic E-state index is 0.0301.